The summed E-state index contributed by atoms with van der Waals surface area (Å²) in [4.78, 5) is 15.6. The van der Waals surface area contributed by atoms with Gasteiger partial charge in [0.2, 0.25) is 10.0 Å². The minimum absolute atomic E-state index is 0.0894. The third-order valence-electron chi connectivity index (χ3n) is 7.08. The number of carbonyl (C=O) groups excluding carboxylic acids is 1. The number of benzene rings is 2. The molecule has 2 fully saturated rings. The highest BCUT2D eigenvalue weighted by atomic mass is 35.5. The molecule has 0 bridgehead atoms. The standard InChI is InChI=1S/C27H36ClN3O3S/c28-25-14-5-4-13-24(25)26(30-15-6-3-7-16-30)20-29-21-27(32)22-11-10-12-23(19-22)35(33,34)31-17-8-1-2-9-18-31/h4-5,10-14,19,26,29H,1-3,6-9,15-18,20-21H2. The number of rotatable bonds is 9. The molecule has 8 heteroatoms. The second kappa shape index (κ2) is 12.5. The van der Waals surface area contributed by atoms with E-state index in [2.05, 4.69) is 16.3 Å². The fourth-order valence-electron chi connectivity index (χ4n) is 5.10. The van der Waals surface area contributed by atoms with E-state index in [-0.39, 0.29) is 23.3 Å². The second-order valence-electron chi connectivity index (χ2n) is 9.53. The summed E-state index contributed by atoms with van der Waals surface area (Å²) < 4.78 is 27.9. The number of halogens is 1. The van der Waals surface area contributed by atoms with Gasteiger partial charge in [-0.2, -0.15) is 4.31 Å². The number of nitrogens with one attached hydrogen (secondary N) is 1. The maximum absolute atomic E-state index is 13.2. The molecule has 1 atom stereocenters. The van der Waals surface area contributed by atoms with Crippen molar-refractivity contribution in [2.24, 2.45) is 0 Å². The Morgan fingerprint density at radius 2 is 1.54 bits per heavy atom. The summed E-state index contributed by atoms with van der Waals surface area (Å²) in [6.45, 7) is 3.86. The zero-order valence-corrected chi connectivity index (χ0v) is 21.9. The van der Waals surface area contributed by atoms with Crippen molar-refractivity contribution in [3.05, 3.63) is 64.7 Å². The molecule has 2 saturated heterocycles. The number of likely N-dealkylation sites (tertiary alicyclic amines) is 1. The largest absolute Gasteiger partial charge is 0.308 e. The Kier molecular flexibility index (Phi) is 9.36. The van der Waals surface area contributed by atoms with E-state index in [0.29, 0.717) is 25.2 Å². The van der Waals surface area contributed by atoms with Gasteiger partial charge in [0.1, 0.15) is 0 Å². The zero-order chi connectivity index (χ0) is 24.7. The molecule has 2 aromatic carbocycles. The van der Waals surface area contributed by atoms with E-state index in [1.807, 2.05) is 18.2 Å². The summed E-state index contributed by atoms with van der Waals surface area (Å²) in [6.07, 6.45) is 7.45. The first-order valence-corrected chi connectivity index (χ1v) is 14.6. The SMILES string of the molecule is O=C(CNCC(c1ccccc1Cl)N1CCCCC1)c1cccc(S(=O)(=O)N2CCCCCC2)c1. The minimum atomic E-state index is -3.59. The summed E-state index contributed by atoms with van der Waals surface area (Å²) in [5.74, 6) is -0.116. The van der Waals surface area contributed by atoms with Crippen LogP contribution < -0.4 is 5.32 Å². The third kappa shape index (κ3) is 6.71. The maximum atomic E-state index is 13.2. The molecular weight excluding hydrogens is 482 g/mol. The van der Waals surface area contributed by atoms with Gasteiger partial charge >= 0.3 is 0 Å². The maximum Gasteiger partial charge on any atom is 0.243 e. The normalized spacial score (nSPS) is 19.2. The number of sulfonamides is 1. The topological polar surface area (TPSA) is 69.7 Å². The lowest BCUT2D eigenvalue weighted by atomic mass is 10.0. The Hall–Kier alpha value is -1.77. The summed E-state index contributed by atoms with van der Waals surface area (Å²) in [6, 6.07) is 14.5. The van der Waals surface area contributed by atoms with Crippen LogP contribution >= 0.6 is 11.6 Å². The van der Waals surface area contributed by atoms with Crippen molar-refractivity contribution >= 4 is 27.4 Å². The van der Waals surface area contributed by atoms with E-state index >= 15 is 0 Å². The van der Waals surface area contributed by atoms with Crippen LogP contribution in [0.2, 0.25) is 5.02 Å². The Morgan fingerprint density at radius 1 is 0.886 bits per heavy atom. The van der Waals surface area contributed by atoms with Crippen molar-refractivity contribution in [2.75, 3.05) is 39.3 Å². The Labute approximate surface area is 214 Å². The van der Waals surface area contributed by atoms with Crippen LogP contribution in [0, 0.1) is 0 Å². The monoisotopic (exact) mass is 517 g/mol. The Bertz CT molecular complexity index is 1090. The van der Waals surface area contributed by atoms with Gasteiger partial charge in [-0.1, -0.05) is 61.2 Å². The highest BCUT2D eigenvalue weighted by Crippen LogP contribution is 2.29. The fraction of sp³-hybridized carbons (Fsp3) is 0.519. The minimum Gasteiger partial charge on any atom is -0.308 e. The van der Waals surface area contributed by atoms with Gasteiger partial charge < -0.3 is 5.32 Å². The van der Waals surface area contributed by atoms with E-state index in [1.165, 1.54) is 12.5 Å². The average Bonchev–Trinajstić information content (AvgIpc) is 3.18. The lowest BCUT2D eigenvalue weighted by molar-refractivity contribution is 0.0983. The number of hydrogen-bond acceptors (Lipinski definition) is 5. The molecule has 0 aromatic heterocycles. The van der Waals surface area contributed by atoms with Gasteiger partial charge in [-0.05, 0) is 62.5 Å². The van der Waals surface area contributed by atoms with Crippen LogP contribution in [-0.2, 0) is 10.0 Å². The van der Waals surface area contributed by atoms with Gasteiger partial charge in [-0.25, -0.2) is 8.42 Å². The molecular formula is C27H36ClN3O3S. The van der Waals surface area contributed by atoms with Crippen LogP contribution in [0.5, 0.6) is 0 Å². The van der Waals surface area contributed by atoms with Crippen LogP contribution in [0.25, 0.3) is 0 Å². The molecule has 2 aliphatic heterocycles. The van der Waals surface area contributed by atoms with Crippen molar-refractivity contribution < 1.29 is 13.2 Å². The van der Waals surface area contributed by atoms with Crippen LogP contribution in [-0.4, -0.2) is 62.7 Å². The van der Waals surface area contributed by atoms with Crippen molar-refractivity contribution in [3.63, 3.8) is 0 Å². The van der Waals surface area contributed by atoms with Gasteiger partial charge in [0.25, 0.3) is 0 Å². The Balaban J connectivity index is 1.42. The van der Waals surface area contributed by atoms with Crippen molar-refractivity contribution in [1.29, 1.82) is 0 Å². The van der Waals surface area contributed by atoms with E-state index in [1.54, 1.807) is 22.5 Å². The summed E-state index contributed by atoms with van der Waals surface area (Å²) in [5.41, 5.74) is 1.49. The van der Waals surface area contributed by atoms with E-state index < -0.39 is 10.0 Å². The summed E-state index contributed by atoms with van der Waals surface area (Å²) in [7, 11) is -3.59. The fourth-order valence-corrected chi connectivity index (χ4v) is 6.92. The second-order valence-corrected chi connectivity index (χ2v) is 11.9. The van der Waals surface area contributed by atoms with Crippen LogP contribution in [0.1, 0.15) is 66.9 Å². The first-order chi connectivity index (χ1) is 17.0. The highest BCUT2D eigenvalue weighted by molar-refractivity contribution is 7.89. The summed E-state index contributed by atoms with van der Waals surface area (Å²) >= 11 is 6.53. The first-order valence-electron chi connectivity index (χ1n) is 12.8. The lowest BCUT2D eigenvalue weighted by Gasteiger charge is -2.35. The molecule has 4 rings (SSSR count). The van der Waals surface area contributed by atoms with E-state index in [0.717, 1.165) is 62.2 Å². The predicted octanol–water partition coefficient (Wildman–Crippen LogP) is 4.90. The average molecular weight is 518 g/mol. The van der Waals surface area contributed by atoms with E-state index in [4.69, 9.17) is 11.6 Å². The zero-order valence-electron chi connectivity index (χ0n) is 20.3. The van der Waals surface area contributed by atoms with Gasteiger partial charge in [-0.3, -0.25) is 9.69 Å². The molecule has 2 aromatic rings. The number of piperidine rings is 1. The molecule has 2 heterocycles. The smallest absolute Gasteiger partial charge is 0.243 e. The first kappa shape index (κ1) is 26.3. The van der Waals surface area contributed by atoms with E-state index in [9.17, 15) is 13.2 Å². The highest BCUT2D eigenvalue weighted by Gasteiger charge is 2.26. The van der Waals surface area contributed by atoms with Crippen molar-refractivity contribution in [3.8, 4) is 0 Å². The molecule has 1 N–H and O–H groups in total. The number of carbonyl (C=O) groups is 1. The third-order valence-corrected chi connectivity index (χ3v) is 9.32. The molecule has 0 amide bonds. The Morgan fingerprint density at radius 3 is 2.26 bits per heavy atom. The predicted molar refractivity (Wildman–Crippen MR) is 140 cm³/mol. The molecule has 0 spiro atoms. The van der Waals surface area contributed by atoms with Crippen molar-refractivity contribution in [2.45, 2.75) is 55.9 Å². The van der Waals surface area contributed by atoms with Crippen LogP contribution in [0.3, 0.4) is 0 Å². The quantitative estimate of drug-likeness (QED) is 0.479. The van der Waals surface area contributed by atoms with Gasteiger partial charge in [0.05, 0.1) is 11.4 Å². The number of nitrogens with zero attached hydrogens (tertiary/aromatic N) is 2. The summed E-state index contributed by atoms with van der Waals surface area (Å²) in [5, 5.41) is 4.07. The van der Waals surface area contributed by atoms with Gasteiger partial charge in [-0.15, -0.1) is 0 Å². The number of ketones is 1. The molecule has 0 saturated carbocycles. The number of hydrogen-bond donors (Lipinski definition) is 1. The van der Waals surface area contributed by atoms with Gasteiger partial charge in [0.15, 0.2) is 5.78 Å². The van der Waals surface area contributed by atoms with Crippen LogP contribution in [0.15, 0.2) is 53.4 Å². The molecule has 1 unspecified atom stereocenters. The molecule has 6 nitrogen and oxygen atoms in total. The molecule has 2 aliphatic rings. The van der Waals surface area contributed by atoms with Crippen LogP contribution in [0.4, 0.5) is 0 Å². The molecule has 0 radical (unpaired) electrons. The molecule has 35 heavy (non-hydrogen) atoms. The molecule has 190 valence electrons. The lowest BCUT2D eigenvalue weighted by Crippen LogP contribution is -2.40. The van der Waals surface area contributed by atoms with Crippen molar-refractivity contribution in [1.82, 2.24) is 14.5 Å². The number of Topliss-reactive ketones (excluding diaryl/α,β-unsaturated/α-hetero) is 1. The molecule has 0 aliphatic carbocycles. The van der Waals surface area contributed by atoms with Gasteiger partial charge in [0, 0.05) is 36.3 Å².